The van der Waals surface area contributed by atoms with Crippen LogP contribution in [0.4, 0.5) is 32.3 Å². The molecule has 2 saturated carbocycles. The molecule has 5 aliphatic heterocycles. The lowest BCUT2D eigenvalue weighted by molar-refractivity contribution is -0.253. The van der Waals surface area contributed by atoms with E-state index in [0.29, 0.717) is 30.3 Å². The molecule has 7 fully saturated rings. The molecule has 10 rings (SSSR count). The number of H-pyrrole nitrogens is 3. The van der Waals surface area contributed by atoms with E-state index in [-0.39, 0.29) is 0 Å². The van der Waals surface area contributed by atoms with Gasteiger partial charge in [0.05, 0.1) is 44.2 Å². The molecule has 8 heterocycles. The zero-order valence-electron chi connectivity index (χ0n) is 61.6. The molecule has 2 spiro atoms. The molecule has 3 aromatic heterocycles. The SMILES string of the molecule is CC(C)OC(=O)OCOP(=O)(OCOC(=O)OC(C)C)OC[C@@]1(CF)O[C@@H](n2ccc(=O)[nH]c2=O)[C@](C)(O)[C@@H]1O.CC(C)OC(=O)OCOP(=O)(OCOC(=O)OC(C)C)OC[C@@]1(CF)O[C@@H](n2ccc(=O)[nH]c2=O)[C@]2(C)OC3(CCCC3)O[C@H]12.C[C@@]12OC3(CCCC3)O[C@@H]1[C@](CO)(CF)O[C@H]2n1ccc(=O)[nH]c1=O. The van der Waals surface area contributed by atoms with Crippen LogP contribution in [-0.4, -0.2) is 224 Å². The fourth-order valence-corrected chi connectivity index (χ4v) is 15.0. The van der Waals surface area contributed by atoms with Crippen LogP contribution >= 0.6 is 15.6 Å². The molecular formula is C63H91F3N6O36P2. The summed E-state index contributed by atoms with van der Waals surface area (Å²) in [6.07, 6.45) is -6.21. The predicted octanol–water partition coefficient (Wildman–Crippen LogP) is 4.71. The lowest BCUT2D eigenvalue weighted by Gasteiger charge is -2.34. The summed E-state index contributed by atoms with van der Waals surface area (Å²) in [7, 11) is -9.74. The number of aromatic amines is 3. The summed E-state index contributed by atoms with van der Waals surface area (Å²) in [5.41, 5.74) is -15.8. The van der Waals surface area contributed by atoms with E-state index >= 15 is 4.39 Å². The molecule has 47 heteroatoms. The maximum absolute atomic E-state index is 15.2. The number of fused-ring (bicyclic) bond motifs is 2. The smallest absolute Gasteiger partial charge is 0.432 e. The number of alkyl halides is 3. The van der Waals surface area contributed by atoms with Crippen LogP contribution in [0.5, 0.6) is 0 Å². The lowest BCUT2D eigenvalue weighted by Crippen LogP contribution is -2.53. The van der Waals surface area contributed by atoms with Crippen LogP contribution in [0.1, 0.15) is 146 Å². The first-order chi connectivity index (χ1) is 51.6. The van der Waals surface area contributed by atoms with Gasteiger partial charge in [-0.25, -0.2) is 74.0 Å². The van der Waals surface area contributed by atoms with Crippen molar-refractivity contribution in [2.75, 3.05) is 67.0 Å². The normalized spacial score (nSPS) is 29.0. The Morgan fingerprint density at radius 2 is 0.773 bits per heavy atom. The number of phosphoric ester groups is 2. The highest BCUT2D eigenvalue weighted by Gasteiger charge is 2.74. The molecule has 0 unspecified atom stereocenters. The van der Waals surface area contributed by atoms with E-state index in [1.54, 1.807) is 41.5 Å². The van der Waals surface area contributed by atoms with E-state index in [1.807, 2.05) is 4.98 Å². The van der Waals surface area contributed by atoms with Crippen LogP contribution in [0.25, 0.3) is 0 Å². The van der Waals surface area contributed by atoms with Crippen LogP contribution in [0.15, 0.2) is 65.6 Å². The second-order valence-corrected chi connectivity index (χ2v) is 31.2. The molecule has 620 valence electrons. The highest BCUT2D eigenvalue weighted by atomic mass is 31.2. The van der Waals surface area contributed by atoms with Crippen molar-refractivity contribution in [2.24, 2.45) is 0 Å². The number of aliphatic hydroxyl groups excluding tert-OH is 2. The van der Waals surface area contributed by atoms with Crippen LogP contribution in [0.3, 0.4) is 0 Å². The molecule has 0 aromatic carbocycles. The quantitative estimate of drug-likeness (QED) is 0.0237. The van der Waals surface area contributed by atoms with Crippen molar-refractivity contribution < 1.29 is 155 Å². The van der Waals surface area contributed by atoms with Crippen LogP contribution in [0, 0.1) is 0 Å². The van der Waals surface area contributed by atoms with Gasteiger partial charge >= 0.3 is 57.3 Å². The van der Waals surface area contributed by atoms with E-state index in [4.69, 9.17) is 88.7 Å². The molecule has 0 amide bonds. The average Bonchev–Trinajstić information content (AvgIpc) is 1.54. The Kier molecular flexibility index (Phi) is 28.8. The van der Waals surface area contributed by atoms with Crippen molar-refractivity contribution in [3.63, 3.8) is 0 Å². The summed E-state index contributed by atoms with van der Waals surface area (Å²) in [6.45, 7) is 6.05. The number of ether oxygens (including phenoxy) is 15. The Morgan fingerprint density at radius 1 is 0.482 bits per heavy atom. The van der Waals surface area contributed by atoms with Crippen molar-refractivity contribution >= 4 is 40.3 Å². The Morgan fingerprint density at radius 3 is 1.07 bits per heavy atom. The van der Waals surface area contributed by atoms with Crippen molar-refractivity contribution in [2.45, 2.75) is 234 Å². The molecule has 0 bridgehead atoms. The van der Waals surface area contributed by atoms with Gasteiger partial charge in [-0.3, -0.25) is 52.1 Å². The van der Waals surface area contributed by atoms with Gasteiger partial charge in [0.15, 0.2) is 47.1 Å². The Bertz CT molecular complexity index is 4090. The van der Waals surface area contributed by atoms with Crippen LogP contribution in [0.2, 0.25) is 0 Å². The minimum atomic E-state index is -4.91. The molecule has 7 aliphatic rings. The highest BCUT2D eigenvalue weighted by molar-refractivity contribution is 7.48. The second kappa shape index (κ2) is 35.8. The van der Waals surface area contributed by atoms with E-state index in [2.05, 4.69) is 19.4 Å². The first kappa shape index (κ1) is 88.3. The number of aromatic nitrogens is 6. The fraction of sp³-hybridized carbons (Fsp3) is 0.746. The summed E-state index contributed by atoms with van der Waals surface area (Å²) in [5, 5.41) is 31.5. The third-order valence-electron chi connectivity index (χ3n) is 17.8. The lowest BCUT2D eigenvalue weighted by atomic mass is 9.88. The van der Waals surface area contributed by atoms with Gasteiger partial charge in [0.1, 0.15) is 55.1 Å². The molecule has 5 saturated heterocycles. The number of hydrogen-bond donors (Lipinski definition) is 6. The number of aliphatic hydroxyl groups is 3. The van der Waals surface area contributed by atoms with Gasteiger partial charge in [0, 0.05) is 62.5 Å². The fourth-order valence-electron chi connectivity index (χ4n) is 13.1. The first-order valence-corrected chi connectivity index (χ1v) is 37.3. The number of nitrogens with one attached hydrogen (secondary N) is 3. The third-order valence-corrected chi connectivity index (χ3v) is 20.4. The van der Waals surface area contributed by atoms with E-state index < -0.39 is 248 Å². The van der Waals surface area contributed by atoms with E-state index in [0.717, 1.165) is 60.1 Å². The van der Waals surface area contributed by atoms with E-state index in [1.165, 1.54) is 46.2 Å². The second-order valence-electron chi connectivity index (χ2n) is 27.8. The topological polar surface area (TPSA) is 522 Å². The van der Waals surface area contributed by atoms with Gasteiger partial charge in [-0.2, -0.15) is 0 Å². The molecular weight excluding hydrogens is 1540 g/mol. The minimum absolute atomic E-state index is 0.480. The maximum Gasteiger partial charge on any atom is 0.510 e. The zero-order chi connectivity index (χ0) is 81.2. The zero-order valence-corrected chi connectivity index (χ0v) is 63.4. The molecule has 6 N–H and O–H groups in total. The van der Waals surface area contributed by atoms with Gasteiger partial charge < -0.3 is 86.4 Å². The minimum Gasteiger partial charge on any atom is -0.432 e. The van der Waals surface area contributed by atoms with Crippen molar-refractivity contribution in [1.82, 2.24) is 28.7 Å². The molecule has 110 heavy (non-hydrogen) atoms. The summed E-state index contributed by atoms with van der Waals surface area (Å²) in [4.78, 5) is 125. The number of phosphoric acid groups is 2. The molecule has 42 nitrogen and oxygen atoms in total. The van der Waals surface area contributed by atoms with Gasteiger partial charge in [-0.05, 0) is 102 Å². The number of halogens is 3. The summed E-state index contributed by atoms with van der Waals surface area (Å²) in [6, 6.07) is 3.18. The van der Waals surface area contributed by atoms with Crippen molar-refractivity contribution in [3.8, 4) is 0 Å². The van der Waals surface area contributed by atoms with Gasteiger partial charge in [0.25, 0.3) is 16.7 Å². The first-order valence-electron chi connectivity index (χ1n) is 34.4. The van der Waals surface area contributed by atoms with Crippen LogP contribution < -0.4 is 33.7 Å². The Labute approximate surface area is 622 Å². The standard InChI is InChI=1S/C26H38FN2O15P.C21H32FN2O15P.C16H21FN2O6/c1-16(2)40-22(32)35-14-38-45(34,39-15-36-23(33)41-17(3)4)37-13-25(12-27)19-24(5,44-26(42-19)9-6-7-10-26)20(43-25)29-11-8-18(30)28-21(29)31;1-12(2)37-18(28)32-10-35-40(31,36-11-33-19(29)38-13(3)4)34-9-21(8-22)15(26)20(5,30)16(39-21)24-7-6-14(25)23-17(24)27;1-14-11(23-16(25-14)5-2-3-6-16)15(8-17,9-20)24-12(14)19-7-4-10(21)18-13(19)22/h8,11,16-17,19-20H,6-7,9-10,12-15H2,1-5H3,(H,28,30,31);6-7,12-13,15-16,26,30H,8-11H2,1-5H3,(H,23,25,27);4,7,11-12,20H,2-3,5-6,8-9H2,1H3,(H,18,21,22)/t19-,20+,24+,25+;15-,16+,20+,21+;11-,12+,14+,15+/m000/s1. The van der Waals surface area contributed by atoms with Gasteiger partial charge in [0.2, 0.25) is 27.2 Å². The Balaban J connectivity index is 0.000000215. The number of carbonyl (C=O) groups excluding carboxylic acids is 4. The maximum atomic E-state index is 15.2. The number of carbonyl (C=O) groups is 4. The summed E-state index contributed by atoms with van der Waals surface area (Å²) < 4.78 is 184. The van der Waals surface area contributed by atoms with Crippen molar-refractivity contribution in [3.05, 3.63) is 99.3 Å². The number of hydrogen-bond acceptors (Lipinski definition) is 36. The van der Waals surface area contributed by atoms with Crippen molar-refractivity contribution in [1.29, 1.82) is 0 Å². The largest absolute Gasteiger partial charge is 0.510 e. The average molecular weight is 1630 g/mol. The highest BCUT2D eigenvalue weighted by Crippen LogP contribution is 2.62. The van der Waals surface area contributed by atoms with E-state index in [9.17, 15) is 81.2 Å². The number of rotatable bonds is 29. The van der Waals surface area contributed by atoms with Crippen LogP contribution in [-0.2, 0) is 107 Å². The molecule has 0 radical (unpaired) electrons. The third kappa shape index (κ3) is 20.2. The molecule has 3 aromatic rings. The number of nitrogens with zero attached hydrogens (tertiary/aromatic N) is 3. The predicted molar refractivity (Wildman–Crippen MR) is 357 cm³/mol. The summed E-state index contributed by atoms with van der Waals surface area (Å²) >= 11 is 0. The molecule has 2 aliphatic carbocycles. The van der Waals surface area contributed by atoms with Gasteiger partial charge in [-0.15, -0.1) is 0 Å². The summed E-state index contributed by atoms with van der Waals surface area (Å²) in [5.74, 6) is -1.96. The monoisotopic (exact) mass is 1630 g/mol. The molecule has 12 atom stereocenters. The van der Waals surface area contributed by atoms with Gasteiger partial charge in [-0.1, -0.05) is 0 Å². The Hall–Kier alpha value is -7.27.